The highest BCUT2D eigenvalue weighted by atomic mass is 79.9. The van der Waals surface area contributed by atoms with Crippen molar-refractivity contribution in [2.75, 3.05) is 5.73 Å². The van der Waals surface area contributed by atoms with Gasteiger partial charge in [0.2, 0.25) is 9.84 Å². The standard InChI is InChI=1S/C12H10BrNO2S/c13-11-3-1-2-4-12(11)17(15,16)10-7-5-9(14)6-8-10/h1-8H,14H2. The van der Waals surface area contributed by atoms with Crippen LogP contribution in [0.3, 0.4) is 0 Å². The quantitative estimate of drug-likeness (QED) is 0.868. The Balaban J connectivity index is 2.58. The van der Waals surface area contributed by atoms with Gasteiger partial charge in [0.25, 0.3) is 0 Å². The van der Waals surface area contributed by atoms with Gasteiger partial charge in [0, 0.05) is 10.2 Å². The highest BCUT2D eigenvalue weighted by Gasteiger charge is 2.19. The molecule has 2 aromatic rings. The maximum atomic E-state index is 12.3. The number of nitrogen functional groups attached to an aromatic ring is 1. The van der Waals surface area contributed by atoms with E-state index in [9.17, 15) is 8.42 Å². The maximum Gasteiger partial charge on any atom is 0.207 e. The number of rotatable bonds is 2. The summed E-state index contributed by atoms with van der Waals surface area (Å²) < 4.78 is 25.1. The third kappa shape index (κ3) is 2.35. The van der Waals surface area contributed by atoms with Crippen LogP contribution in [-0.4, -0.2) is 8.42 Å². The third-order valence-electron chi connectivity index (χ3n) is 2.32. The van der Waals surface area contributed by atoms with Crippen LogP contribution in [0.5, 0.6) is 0 Å². The van der Waals surface area contributed by atoms with E-state index in [1.54, 1.807) is 36.4 Å². The second kappa shape index (κ2) is 4.50. The first kappa shape index (κ1) is 12.1. The van der Waals surface area contributed by atoms with Gasteiger partial charge in [-0.05, 0) is 52.3 Å². The van der Waals surface area contributed by atoms with E-state index in [-0.39, 0.29) is 9.79 Å². The second-order valence-corrected chi connectivity index (χ2v) is 6.28. The molecule has 0 unspecified atom stereocenters. The van der Waals surface area contributed by atoms with Gasteiger partial charge in [-0.3, -0.25) is 0 Å². The van der Waals surface area contributed by atoms with E-state index in [0.29, 0.717) is 10.2 Å². The number of anilines is 1. The van der Waals surface area contributed by atoms with Gasteiger partial charge in [0.15, 0.2) is 0 Å². The van der Waals surface area contributed by atoms with Crippen molar-refractivity contribution in [2.45, 2.75) is 9.79 Å². The molecule has 0 radical (unpaired) electrons. The zero-order chi connectivity index (χ0) is 12.5. The Morgan fingerprint density at radius 2 is 1.53 bits per heavy atom. The van der Waals surface area contributed by atoms with E-state index in [1.807, 2.05) is 0 Å². The van der Waals surface area contributed by atoms with E-state index >= 15 is 0 Å². The molecule has 0 aliphatic rings. The first-order valence-corrected chi connectivity index (χ1v) is 7.14. The van der Waals surface area contributed by atoms with Gasteiger partial charge in [0.1, 0.15) is 0 Å². The highest BCUT2D eigenvalue weighted by molar-refractivity contribution is 9.10. The molecule has 5 heteroatoms. The fourth-order valence-electron chi connectivity index (χ4n) is 1.44. The van der Waals surface area contributed by atoms with Crippen molar-refractivity contribution in [3.05, 3.63) is 53.0 Å². The van der Waals surface area contributed by atoms with Crippen LogP contribution in [0.15, 0.2) is 62.8 Å². The van der Waals surface area contributed by atoms with Crippen molar-refractivity contribution in [1.82, 2.24) is 0 Å². The summed E-state index contributed by atoms with van der Waals surface area (Å²) in [5, 5.41) is 0. The third-order valence-corrected chi connectivity index (χ3v) is 5.10. The van der Waals surface area contributed by atoms with E-state index in [0.717, 1.165) is 0 Å². The predicted molar refractivity (Wildman–Crippen MR) is 70.4 cm³/mol. The lowest BCUT2D eigenvalue weighted by Crippen LogP contribution is -2.02. The first-order valence-electron chi connectivity index (χ1n) is 4.87. The van der Waals surface area contributed by atoms with Crippen molar-refractivity contribution < 1.29 is 8.42 Å². The molecule has 0 aromatic heterocycles. The van der Waals surface area contributed by atoms with Crippen molar-refractivity contribution >= 4 is 31.5 Å². The molecule has 0 saturated carbocycles. The van der Waals surface area contributed by atoms with Gasteiger partial charge < -0.3 is 5.73 Å². The van der Waals surface area contributed by atoms with E-state index < -0.39 is 9.84 Å². The number of hydrogen-bond acceptors (Lipinski definition) is 3. The molecule has 0 spiro atoms. The number of benzene rings is 2. The number of nitrogens with two attached hydrogens (primary N) is 1. The molecule has 2 N–H and O–H groups in total. The van der Waals surface area contributed by atoms with Crippen LogP contribution in [0.25, 0.3) is 0 Å². The van der Waals surface area contributed by atoms with Crippen molar-refractivity contribution in [1.29, 1.82) is 0 Å². The van der Waals surface area contributed by atoms with Crippen LogP contribution in [0.1, 0.15) is 0 Å². The SMILES string of the molecule is Nc1ccc(S(=O)(=O)c2ccccc2Br)cc1. The summed E-state index contributed by atoms with van der Waals surface area (Å²) in [6.45, 7) is 0. The molecule has 17 heavy (non-hydrogen) atoms. The Bertz CT molecular complexity index is 636. The minimum Gasteiger partial charge on any atom is -0.399 e. The molecule has 0 bridgehead atoms. The smallest absolute Gasteiger partial charge is 0.207 e. The summed E-state index contributed by atoms with van der Waals surface area (Å²) in [4.78, 5) is 0.489. The molecule has 0 atom stereocenters. The highest BCUT2D eigenvalue weighted by Crippen LogP contribution is 2.27. The van der Waals surface area contributed by atoms with Gasteiger partial charge in [-0.1, -0.05) is 12.1 Å². The lowest BCUT2D eigenvalue weighted by Gasteiger charge is -2.06. The molecule has 2 rings (SSSR count). The normalized spacial score (nSPS) is 11.4. The zero-order valence-corrected chi connectivity index (χ0v) is 11.2. The molecular formula is C12H10BrNO2S. The second-order valence-electron chi connectivity index (χ2n) is 3.50. The fourth-order valence-corrected chi connectivity index (χ4v) is 3.69. The average molecular weight is 312 g/mol. The molecule has 88 valence electrons. The number of halogens is 1. The van der Waals surface area contributed by atoms with E-state index in [1.165, 1.54) is 12.1 Å². The van der Waals surface area contributed by atoms with Crippen molar-refractivity contribution in [3.8, 4) is 0 Å². The maximum absolute atomic E-state index is 12.3. The van der Waals surface area contributed by atoms with Crippen LogP contribution in [-0.2, 0) is 9.84 Å². The zero-order valence-electron chi connectivity index (χ0n) is 8.80. The molecule has 0 aliphatic carbocycles. The Kier molecular flexibility index (Phi) is 3.22. The summed E-state index contributed by atoms with van der Waals surface area (Å²) in [7, 11) is -3.49. The minimum absolute atomic E-state index is 0.235. The summed E-state index contributed by atoms with van der Waals surface area (Å²) >= 11 is 3.24. The molecule has 0 amide bonds. The number of hydrogen-bond donors (Lipinski definition) is 1. The topological polar surface area (TPSA) is 60.2 Å². The van der Waals surface area contributed by atoms with Gasteiger partial charge in [-0.2, -0.15) is 0 Å². The number of sulfone groups is 1. The summed E-state index contributed by atoms with van der Waals surface area (Å²) in [6.07, 6.45) is 0. The van der Waals surface area contributed by atoms with E-state index in [2.05, 4.69) is 15.9 Å². The summed E-state index contributed by atoms with van der Waals surface area (Å²) in [5.74, 6) is 0. The fraction of sp³-hybridized carbons (Fsp3) is 0. The van der Waals surface area contributed by atoms with Crippen LogP contribution in [0, 0.1) is 0 Å². The van der Waals surface area contributed by atoms with Crippen LogP contribution < -0.4 is 5.73 Å². The Labute approximate surface area is 108 Å². The van der Waals surface area contributed by atoms with Gasteiger partial charge in [0.05, 0.1) is 9.79 Å². The lowest BCUT2D eigenvalue weighted by atomic mass is 10.3. The van der Waals surface area contributed by atoms with Gasteiger partial charge >= 0.3 is 0 Å². The van der Waals surface area contributed by atoms with E-state index in [4.69, 9.17) is 5.73 Å². The van der Waals surface area contributed by atoms with Crippen LogP contribution >= 0.6 is 15.9 Å². The average Bonchev–Trinajstić information content (AvgIpc) is 2.30. The van der Waals surface area contributed by atoms with Crippen LogP contribution in [0.4, 0.5) is 5.69 Å². The minimum atomic E-state index is -3.49. The molecule has 0 heterocycles. The molecule has 0 saturated heterocycles. The molecule has 0 aliphatic heterocycles. The summed E-state index contributed by atoms with van der Waals surface area (Å²) in [5.41, 5.74) is 6.07. The summed E-state index contributed by atoms with van der Waals surface area (Å²) in [6, 6.07) is 12.9. The Hall–Kier alpha value is -1.33. The van der Waals surface area contributed by atoms with Gasteiger partial charge in [-0.15, -0.1) is 0 Å². The largest absolute Gasteiger partial charge is 0.399 e. The molecular weight excluding hydrogens is 302 g/mol. The van der Waals surface area contributed by atoms with Crippen molar-refractivity contribution in [2.24, 2.45) is 0 Å². The Morgan fingerprint density at radius 3 is 2.12 bits per heavy atom. The van der Waals surface area contributed by atoms with Crippen molar-refractivity contribution in [3.63, 3.8) is 0 Å². The Morgan fingerprint density at radius 1 is 0.941 bits per heavy atom. The predicted octanol–water partition coefficient (Wildman–Crippen LogP) is 2.86. The lowest BCUT2D eigenvalue weighted by molar-refractivity contribution is 0.595. The first-order chi connectivity index (χ1) is 8.01. The van der Waals surface area contributed by atoms with Crippen LogP contribution in [0.2, 0.25) is 0 Å². The monoisotopic (exact) mass is 311 g/mol. The molecule has 0 fully saturated rings. The van der Waals surface area contributed by atoms with Gasteiger partial charge in [-0.25, -0.2) is 8.42 Å². The molecule has 3 nitrogen and oxygen atoms in total. The molecule has 2 aromatic carbocycles.